The summed E-state index contributed by atoms with van der Waals surface area (Å²) in [5, 5.41) is 0. The van der Waals surface area contributed by atoms with Gasteiger partial charge in [0.25, 0.3) is 0 Å². The van der Waals surface area contributed by atoms with Gasteiger partial charge in [-0.1, -0.05) is 137 Å². The van der Waals surface area contributed by atoms with Crippen molar-refractivity contribution in [1.29, 1.82) is 0 Å². The van der Waals surface area contributed by atoms with Gasteiger partial charge in [0, 0.05) is 12.8 Å². The van der Waals surface area contributed by atoms with Crippen molar-refractivity contribution < 1.29 is 9.53 Å². The number of carbonyl (C=O) groups is 1. The van der Waals surface area contributed by atoms with Crippen molar-refractivity contribution in [3.8, 4) is 0 Å². The Kier molecular flexibility index (Phi) is 13.6. The van der Waals surface area contributed by atoms with Crippen LogP contribution in [-0.4, -0.2) is 12.1 Å². The predicted molar refractivity (Wildman–Crippen MR) is 184 cm³/mol. The van der Waals surface area contributed by atoms with Crippen molar-refractivity contribution in [3.05, 3.63) is 11.6 Å². The molecular weight excluding hydrogens is 524 g/mol. The minimum atomic E-state index is 0.0618. The van der Waals surface area contributed by atoms with Crippen molar-refractivity contribution in [1.82, 2.24) is 0 Å². The molecule has 4 aliphatic carbocycles. The molecule has 0 heterocycles. The van der Waals surface area contributed by atoms with Gasteiger partial charge in [0.1, 0.15) is 6.10 Å². The Morgan fingerprint density at radius 1 is 0.814 bits per heavy atom. The zero-order chi connectivity index (χ0) is 30.9. The van der Waals surface area contributed by atoms with Crippen LogP contribution in [0, 0.1) is 46.3 Å². The molecule has 0 unspecified atom stereocenters. The summed E-state index contributed by atoms with van der Waals surface area (Å²) in [6.45, 7) is 14.9. The molecule has 0 aliphatic heterocycles. The van der Waals surface area contributed by atoms with Crippen LogP contribution >= 0.6 is 0 Å². The second-order valence-corrected chi connectivity index (χ2v) is 16.9. The lowest BCUT2D eigenvalue weighted by atomic mass is 9.47. The molecular formula is C41H72O2. The highest BCUT2D eigenvalue weighted by Gasteiger charge is 2.59. The number of unbranched alkanes of at least 4 members (excludes halogenated alkanes) is 10. The first kappa shape index (κ1) is 35.1. The molecule has 0 spiro atoms. The van der Waals surface area contributed by atoms with E-state index in [-0.39, 0.29) is 12.1 Å². The number of hydrogen-bond donors (Lipinski definition) is 0. The molecule has 0 N–H and O–H groups in total. The molecule has 248 valence electrons. The molecule has 3 saturated carbocycles. The van der Waals surface area contributed by atoms with Crippen molar-refractivity contribution in [2.24, 2.45) is 46.3 Å². The third-order valence-corrected chi connectivity index (χ3v) is 13.5. The normalized spacial score (nSPS) is 34.3. The summed E-state index contributed by atoms with van der Waals surface area (Å²) in [5.41, 5.74) is 2.54. The quantitative estimate of drug-likeness (QED) is 0.0893. The van der Waals surface area contributed by atoms with Gasteiger partial charge in [-0.2, -0.15) is 0 Å². The van der Waals surface area contributed by atoms with Crippen LogP contribution in [0.3, 0.4) is 0 Å². The lowest BCUT2D eigenvalue weighted by molar-refractivity contribution is -0.151. The topological polar surface area (TPSA) is 26.3 Å². The minimum absolute atomic E-state index is 0.0618. The fraction of sp³-hybridized carbons (Fsp3) is 0.927. The van der Waals surface area contributed by atoms with E-state index >= 15 is 0 Å². The predicted octanol–water partition coefficient (Wildman–Crippen LogP) is 12.6. The molecule has 0 bridgehead atoms. The van der Waals surface area contributed by atoms with Gasteiger partial charge in [0.05, 0.1) is 0 Å². The highest BCUT2D eigenvalue weighted by Crippen LogP contribution is 2.67. The molecule has 0 aromatic rings. The second-order valence-electron chi connectivity index (χ2n) is 16.9. The van der Waals surface area contributed by atoms with E-state index in [0.29, 0.717) is 17.3 Å². The van der Waals surface area contributed by atoms with Crippen molar-refractivity contribution in [3.63, 3.8) is 0 Å². The number of carbonyl (C=O) groups excluding carboxylic acids is 1. The molecule has 8 atom stereocenters. The molecule has 2 heteroatoms. The average Bonchev–Trinajstić information content (AvgIpc) is 3.33. The first-order valence-electron chi connectivity index (χ1n) is 19.6. The molecule has 0 amide bonds. The van der Waals surface area contributed by atoms with E-state index in [1.165, 1.54) is 122 Å². The summed E-state index contributed by atoms with van der Waals surface area (Å²) in [7, 11) is 0. The monoisotopic (exact) mass is 597 g/mol. The summed E-state index contributed by atoms with van der Waals surface area (Å²) < 4.78 is 6.11. The standard InChI is InChI=1S/C41H72O2/c1-7-8-9-10-11-12-13-14-15-16-17-21-39(42)43-34-26-28-40(5)33(30-34)22-23-35-37-25-24-36(32(4)20-18-19-31(2)3)41(37,6)29-27-38(35)40/h22,31-32,34-38H,7-21,23-30H2,1-6H3/t32-,34-,35+,36-,37-,38-,40+,41-/m1/s1. The van der Waals surface area contributed by atoms with Crippen LogP contribution in [0.5, 0.6) is 0 Å². The van der Waals surface area contributed by atoms with Crippen LogP contribution in [-0.2, 0) is 9.53 Å². The maximum Gasteiger partial charge on any atom is 0.306 e. The lowest BCUT2D eigenvalue weighted by Gasteiger charge is -2.58. The van der Waals surface area contributed by atoms with Crippen LogP contribution in [0.1, 0.15) is 189 Å². The Morgan fingerprint density at radius 3 is 2.16 bits per heavy atom. The fourth-order valence-corrected chi connectivity index (χ4v) is 10.9. The first-order valence-corrected chi connectivity index (χ1v) is 19.6. The Hall–Kier alpha value is -0.790. The van der Waals surface area contributed by atoms with E-state index < -0.39 is 0 Å². The zero-order valence-corrected chi connectivity index (χ0v) is 29.7. The number of allylic oxidation sites excluding steroid dienone is 1. The zero-order valence-electron chi connectivity index (χ0n) is 29.7. The van der Waals surface area contributed by atoms with Gasteiger partial charge in [-0.15, -0.1) is 0 Å². The lowest BCUT2D eigenvalue weighted by Crippen LogP contribution is -2.51. The molecule has 43 heavy (non-hydrogen) atoms. The third-order valence-electron chi connectivity index (χ3n) is 13.5. The molecule has 4 rings (SSSR count). The molecule has 2 nitrogen and oxygen atoms in total. The fourth-order valence-electron chi connectivity index (χ4n) is 10.9. The SMILES string of the molecule is CCCCCCCCCCCCCC(=O)O[C@@H]1CC[C@@]2(C)C(=CC[C@H]3[C@H]4CC[C@H]([C@H](C)CCCC(C)C)[C@@]4(C)CC[C@H]32)C1. The Balaban J connectivity index is 1.19. The van der Waals surface area contributed by atoms with Gasteiger partial charge in [-0.3, -0.25) is 4.79 Å². The summed E-state index contributed by atoms with van der Waals surface area (Å²) >= 11 is 0. The second kappa shape index (κ2) is 16.7. The molecule has 0 radical (unpaired) electrons. The van der Waals surface area contributed by atoms with E-state index in [2.05, 4.69) is 47.6 Å². The largest absolute Gasteiger partial charge is 0.462 e. The maximum atomic E-state index is 12.7. The molecule has 0 saturated heterocycles. The molecule has 3 fully saturated rings. The Morgan fingerprint density at radius 2 is 1.49 bits per heavy atom. The average molecular weight is 597 g/mol. The first-order chi connectivity index (χ1) is 20.7. The van der Waals surface area contributed by atoms with E-state index in [4.69, 9.17) is 4.74 Å². The van der Waals surface area contributed by atoms with Crippen LogP contribution in [0.25, 0.3) is 0 Å². The number of fused-ring (bicyclic) bond motifs is 5. The van der Waals surface area contributed by atoms with Crippen LogP contribution in [0.2, 0.25) is 0 Å². The molecule has 0 aromatic heterocycles. The van der Waals surface area contributed by atoms with Crippen LogP contribution in [0.4, 0.5) is 0 Å². The smallest absolute Gasteiger partial charge is 0.306 e. The van der Waals surface area contributed by atoms with E-state index in [1.54, 1.807) is 5.57 Å². The number of ether oxygens (including phenoxy) is 1. The van der Waals surface area contributed by atoms with Gasteiger partial charge < -0.3 is 4.74 Å². The maximum absolute atomic E-state index is 12.7. The molecule has 0 aromatic carbocycles. The summed E-state index contributed by atoms with van der Waals surface area (Å²) in [6.07, 6.45) is 32.5. The van der Waals surface area contributed by atoms with Gasteiger partial charge >= 0.3 is 5.97 Å². The summed E-state index contributed by atoms with van der Waals surface area (Å²) in [4.78, 5) is 12.7. The molecule has 4 aliphatic rings. The summed E-state index contributed by atoms with van der Waals surface area (Å²) in [5.74, 6) is 5.34. The van der Waals surface area contributed by atoms with E-state index in [9.17, 15) is 4.79 Å². The highest BCUT2D eigenvalue weighted by molar-refractivity contribution is 5.69. The summed E-state index contributed by atoms with van der Waals surface area (Å²) in [6, 6.07) is 0. The van der Waals surface area contributed by atoms with Crippen molar-refractivity contribution >= 4 is 5.97 Å². The highest BCUT2D eigenvalue weighted by atomic mass is 16.5. The van der Waals surface area contributed by atoms with Gasteiger partial charge in [0.2, 0.25) is 0 Å². The van der Waals surface area contributed by atoms with E-state index in [0.717, 1.165) is 54.8 Å². The van der Waals surface area contributed by atoms with Crippen LogP contribution in [0.15, 0.2) is 11.6 Å². The Bertz CT molecular complexity index is 873. The van der Waals surface area contributed by atoms with Crippen LogP contribution < -0.4 is 0 Å². The number of hydrogen-bond acceptors (Lipinski definition) is 2. The Labute approximate surface area is 268 Å². The van der Waals surface area contributed by atoms with E-state index in [1.807, 2.05) is 0 Å². The number of rotatable bonds is 18. The number of esters is 1. The third kappa shape index (κ3) is 8.93. The van der Waals surface area contributed by atoms with Crippen molar-refractivity contribution in [2.75, 3.05) is 0 Å². The van der Waals surface area contributed by atoms with Gasteiger partial charge in [0.15, 0.2) is 0 Å². The van der Waals surface area contributed by atoms with Crippen molar-refractivity contribution in [2.45, 2.75) is 195 Å². The van der Waals surface area contributed by atoms with Gasteiger partial charge in [-0.25, -0.2) is 0 Å². The van der Waals surface area contributed by atoms with Gasteiger partial charge in [-0.05, 0) is 97.7 Å². The minimum Gasteiger partial charge on any atom is -0.462 e.